The average Bonchev–Trinajstić information content (AvgIpc) is 3.14. The van der Waals surface area contributed by atoms with Gasteiger partial charge >= 0.3 is 0 Å². The van der Waals surface area contributed by atoms with E-state index in [1.807, 2.05) is 6.07 Å². The second-order valence-electron chi connectivity index (χ2n) is 4.87. The van der Waals surface area contributed by atoms with Gasteiger partial charge in [0.1, 0.15) is 11.8 Å². The van der Waals surface area contributed by atoms with Crippen LogP contribution in [0.25, 0.3) is 0 Å². The summed E-state index contributed by atoms with van der Waals surface area (Å²) in [6.07, 6.45) is 0.535. The first-order valence-electron chi connectivity index (χ1n) is 6.70. The lowest BCUT2D eigenvalue weighted by atomic mass is 10.0. The molecule has 0 fully saturated rings. The van der Waals surface area contributed by atoms with Crippen LogP contribution in [0.1, 0.15) is 12.0 Å². The zero-order chi connectivity index (χ0) is 15.7. The van der Waals surface area contributed by atoms with Crippen LogP contribution < -0.4 is 24.7 Å². The van der Waals surface area contributed by atoms with Crippen molar-refractivity contribution in [1.29, 1.82) is 0 Å². The summed E-state index contributed by atoms with van der Waals surface area (Å²) in [5.41, 5.74) is 6.25. The number of benzene rings is 1. The number of nitrogens with zero attached hydrogens (tertiary/aromatic N) is 1. The second-order valence-corrected chi connectivity index (χ2v) is 4.87. The topological polar surface area (TPSA) is 102 Å². The van der Waals surface area contributed by atoms with Gasteiger partial charge in [0.05, 0.1) is 14.2 Å². The number of rotatable bonds is 5. The minimum absolute atomic E-state index is 0.132. The number of oxime groups is 1. The summed E-state index contributed by atoms with van der Waals surface area (Å²) in [7, 11) is 3.08. The molecule has 3 rings (SSSR count). The van der Waals surface area contributed by atoms with Crippen LogP contribution in [0.5, 0.6) is 23.0 Å². The van der Waals surface area contributed by atoms with Crippen LogP contribution in [0.4, 0.5) is 0 Å². The molecule has 1 atom stereocenters. The van der Waals surface area contributed by atoms with Crippen molar-refractivity contribution < 1.29 is 28.6 Å². The van der Waals surface area contributed by atoms with Gasteiger partial charge in [0.2, 0.25) is 18.3 Å². The Kier molecular flexibility index (Phi) is 3.66. The van der Waals surface area contributed by atoms with E-state index in [0.29, 0.717) is 35.8 Å². The molecule has 2 aliphatic heterocycles. The lowest BCUT2D eigenvalue weighted by Gasteiger charge is -2.16. The third-order valence-electron chi connectivity index (χ3n) is 3.52. The molecule has 0 aromatic heterocycles. The number of fused-ring (bicyclic) bond motifs is 1. The van der Waals surface area contributed by atoms with E-state index in [1.54, 1.807) is 7.11 Å². The Morgan fingerprint density at radius 2 is 2.14 bits per heavy atom. The number of primary amides is 1. The van der Waals surface area contributed by atoms with Gasteiger partial charge in [-0.15, -0.1) is 0 Å². The molecular formula is C14H16N2O6. The molecule has 0 radical (unpaired) electrons. The fourth-order valence-corrected chi connectivity index (χ4v) is 2.54. The van der Waals surface area contributed by atoms with E-state index in [-0.39, 0.29) is 18.6 Å². The quantitative estimate of drug-likeness (QED) is 0.855. The molecule has 2 aliphatic rings. The Hall–Kier alpha value is -2.64. The standard InChI is InChI=1S/C14H16N2O6/c1-18-11-7(3-8-5-9(14(15)17)16-22-8)4-10-12(13(11)19-2)21-6-20-10/h4,8H,3,5-6H2,1-2H3,(H2,15,17). The molecule has 1 amide bonds. The monoisotopic (exact) mass is 308 g/mol. The number of ether oxygens (including phenoxy) is 4. The fourth-order valence-electron chi connectivity index (χ4n) is 2.54. The Morgan fingerprint density at radius 1 is 1.36 bits per heavy atom. The minimum Gasteiger partial charge on any atom is -0.492 e. The Morgan fingerprint density at radius 3 is 2.77 bits per heavy atom. The summed E-state index contributed by atoms with van der Waals surface area (Å²) < 4.78 is 21.6. The number of carbonyl (C=O) groups excluding carboxylic acids is 1. The third-order valence-corrected chi connectivity index (χ3v) is 3.52. The smallest absolute Gasteiger partial charge is 0.266 e. The van der Waals surface area contributed by atoms with Gasteiger partial charge in [-0.1, -0.05) is 5.16 Å². The first-order valence-corrected chi connectivity index (χ1v) is 6.70. The van der Waals surface area contributed by atoms with Crippen LogP contribution in [-0.2, 0) is 16.1 Å². The highest BCUT2D eigenvalue weighted by Crippen LogP contribution is 2.49. The molecule has 1 unspecified atom stereocenters. The largest absolute Gasteiger partial charge is 0.492 e. The highest BCUT2D eigenvalue weighted by Gasteiger charge is 2.30. The van der Waals surface area contributed by atoms with E-state index in [0.717, 1.165) is 5.56 Å². The third kappa shape index (κ3) is 2.36. The van der Waals surface area contributed by atoms with Crippen LogP contribution in [0, 0.1) is 0 Å². The highest BCUT2D eigenvalue weighted by molar-refractivity contribution is 6.38. The highest BCUT2D eigenvalue weighted by atomic mass is 16.7. The van der Waals surface area contributed by atoms with Crippen molar-refractivity contribution in [3.63, 3.8) is 0 Å². The molecule has 0 spiro atoms. The molecule has 1 aromatic carbocycles. The number of hydrogen-bond donors (Lipinski definition) is 1. The second kappa shape index (κ2) is 5.63. The van der Waals surface area contributed by atoms with Gasteiger partial charge in [0, 0.05) is 18.4 Å². The molecule has 8 nitrogen and oxygen atoms in total. The predicted molar refractivity (Wildman–Crippen MR) is 75.5 cm³/mol. The Labute approximate surface area is 126 Å². The van der Waals surface area contributed by atoms with Crippen molar-refractivity contribution in [2.75, 3.05) is 21.0 Å². The maximum atomic E-state index is 11.1. The number of carbonyl (C=O) groups is 1. The zero-order valence-corrected chi connectivity index (χ0v) is 12.3. The van der Waals surface area contributed by atoms with E-state index in [1.165, 1.54) is 7.11 Å². The Balaban J connectivity index is 1.87. The maximum Gasteiger partial charge on any atom is 0.266 e. The number of amides is 1. The van der Waals surface area contributed by atoms with Crippen molar-refractivity contribution in [2.45, 2.75) is 18.9 Å². The van der Waals surface area contributed by atoms with E-state index in [2.05, 4.69) is 5.16 Å². The van der Waals surface area contributed by atoms with Gasteiger partial charge in [-0.2, -0.15) is 0 Å². The summed E-state index contributed by atoms with van der Waals surface area (Å²) >= 11 is 0. The molecule has 0 saturated carbocycles. The zero-order valence-electron chi connectivity index (χ0n) is 12.3. The van der Waals surface area contributed by atoms with Crippen LogP contribution in [-0.4, -0.2) is 38.7 Å². The molecule has 8 heteroatoms. The lowest BCUT2D eigenvalue weighted by Crippen LogP contribution is -2.23. The van der Waals surface area contributed by atoms with E-state index in [9.17, 15) is 4.79 Å². The summed E-state index contributed by atoms with van der Waals surface area (Å²) in [5.74, 6) is 1.55. The molecule has 0 saturated heterocycles. The van der Waals surface area contributed by atoms with Crippen molar-refractivity contribution in [1.82, 2.24) is 0 Å². The van der Waals surface area contributed by atoms with E-state index < -0.39 is 5.91 Å². The van der Waals surface area contributed by atoms with Crippen molar-refractivity contribution in [2.24, 2.45) is 10.9 Å². The van der Waals surface area contributed by atoms with Crippen LogP contribution >= 0.6 is 0 Å². The van der Waals surface area contributed by atoms with Crippen molar-refractivity contribution in [3.05, 3.63) is 11.6 Å². The molecule has 0 bridgehead atoms. The maximum absolute atomic E-state index is 11.1. The molecule has 2 N–H and O–H groups in total. The number of methoxy groups -OCH3 is 2. The van der Waals surface area contributed by atoms with Gasteiger partial charge in [-0.05, 0) is 6.07 Å². The molecule has 22 heavy (non-hydrogen) atoms. The predicted octanol–water partition coefficient (Wildman–Crippen LogP) is 0.605. The van der Waals surface area contributed by atoms with Crippen molar-refractivity contribution in [3.8, 4) is 23.0 Å². The first kappa shape index (κ1) is 14.3. The molecular weight excluding hydrogens is 292 g/mol. The molecule has 1 aromatic rings. The summed E-state index contributed by atoms with van der Waals surface area (Å²) in [6.45, 7) is 0.132. The molecule has 118 valence electrons. The number of nitrogens with two attached hydrogens (primary N) is 1. The van der Waals surface area contributed by atoms with Crippen LogP contribution in [0.15, 0.2) is 11.2 Å². The first-order chi connectivity index (χ1) is 10.6. The van der Waals surface area contributed by atoms with Crippen LogP contribution in [0.3, 0.4) is 0 Å². The van der Waals surface area contributed by atoms with E-state index in [4.69, 9.17) is 29.5 Å². The SMILES string of the molecule is COc1c(CC2CC(C(N)=O)=NO2)cc2c(c1OC)OCO2. The summed E-state index contributed by atoms with van der Waals surface area (Å²) in [6, 6.07) is 1.81. The normalized spacial score (nSPS) is 18.6. The molecule has 2 heterocycles. The summed E-state index contributed by atoms with van der Waals surface area (Å²) in [4.78, 5) is 16.3. The van der Waals surface area contributed by atoms with Crippen LogP contribution in [0.2, 0.25) is 0 Å². The number of hydrogen-bond acceptors (Lipinski definition) is 7. The Bertz CT molecular complexity index is 643. The average molecular weight is 308 g/mol. The van der Waals surface area contributed by atoms with Crippen molar-refractivity contribution >= 4 is 11.6 Å². The van der Waals surface area contributed by atoms with Gasteiger partial charge in [0.25, 0.3) is 5.91 Å². The minimum atomic E-state index is -0.572. The lowest BCUT2D eigenvalue weighted by molar-refractivity contribution is -0.112. The van der Waals surface area contributed by atoms with E-state index >= 15 is 0 Å². The fraction of sp³-hybridized carbons (Fsp3) is 0.429. The molecule has 0 aliphatic carbocycles. The van der Waals surface area contributed by atoms with Gasteiger partial charge in [-0.3, -0.25) is 4.79 Å². The van der Waals surface area contributed by atoms with Gasteiger partial charge in [0.15, 0.2) is 11.5 Å². The van der Waals surface area contributed by atoms with Gasteiger partial charge < -0.3 is 29.5 Å². The van der Waals surface area contributed by atoms with Gasteiger partial charge in [-0.25, -0.2) is 0 Å². The summed E-state index contributed by atoms with van der Waals surface area (Å²) in [5, 5.41) is 3.70.